The molecule has 0 N–H and O–H groups in total. The van der Waals surface area contributed by atoms with Crippen LogP contribution in [0.5, 0.6) is 0 Å². The Morgan fingerprint density at radius 2 is 1.37 bits per heavy atom. The Kier molecular flexibility index (Phi) is 5.21. The molecule has 0 amide bonds. The van der Waals surface area contributed by atoms with E-state index in [1.807, 2.05) is 12.1 Å². The Morgan fingerprint density at radius 1 is 0.778 bits per heavy atom. The zero-order valence-electron chi connectivity index (χ0n) is 15.3. The molecule has 0 bridgehead atoms. The van der Waals surface area contributed by atoms with Gasteiger partial charge in [-0.1, -0.05) is 86.1 Å². The van der Waals surface area contributed by atoms with Crippen molar-refractivity contribution in [1.29, 1.82) is 0 Å². The van der Waals surface area contributed by atoms with Crippen LogP contribution in [0, 0.1) is 0 Å². The van der Waals surface area contributed by atoms with E-state index < -0.39 is 0 Å². The van der Waals surface area contributed by atoms with Crippen molar-refractivity contribution in [2.24, 2.45) is 0 Å². The molecular formula is C24H21BrN2. The van der Waals surface area contributed by atoms with Crippen molar-refractivity contribution < 1.29 is 0 Å². The van der Waals surface area contributed by atoms with Crippen molar-refractivity contribution in [3.63, 3.8) is 0 Å². The van der Waals surface area contributed by atoms with Gasteiger partial charge in [-0.05, 0) is 40.0 Å². The van der Waals surface area contributed by atoms with Gasteiger partial charge in [-0.25, -0.2) is 4.68 Å². The zero-order chi connectivity index (χ0) is 18.6. The molecule has 0 saturated heterocycles. The number of hydrogen-bond acceptors (Lipinski definition) is 1. The Morgan fingerprint density at radius 3 is 2.00 bits per heavy atom. The summed E-state index contributed by atoms with van der Waals surface area (Å²) in [7, 11) is 0. The van der Waals surface area contributed by atoms with Gasteiger partial charge in [0.05, 0.1) is 11.4 Å². The lowest BCUT2D eigenvalue weighted by molar-refractivity contribution is 0.775. The molecule has 27 heavy (non-hydrogen) atoms. The lowest BCUT2D eigenvalue weighted by Gasteiger charge is -2.11. The number of aromatic nitrogens is 2. The van der Waals surface area contributed by atoms with Crippen LogP contribution in [-0.2, 0) is 6.42 Å². The molecule has 0 radical (unpaired) electrons. The molecule has 0 fully saturated rings. The number of rotatable bonds is 5. The van der Waals surface area contributed by atoms with E-state index in [1.54, 1.807) is 0 Å². The smallest absolute Gasteiger partial charge is 0.101 e. The molecule has 134 valence electrons. The van der Waals surface area contributed by atoms with Crippen molar-refractivity contribution in [2.45, 2.75) is 19.8 Å². The third kappa shape index (κ3) is 3.47. The molecule has 3 heteroatoms. The second kappa shape index (κ2) is 7.93. The lowest BCUT2D eigenvalue weighted by atomic mass is 9.97. The molecule has 4 aromatic rings. The molecule has 0 spiro atoms. The van der Waals surface area contributed by atoms with Gasteiger partial charge in [0.25, 0.3) is 0 Å². The first-order valence-corrected chi connectivity index (χ1v) is 10.1. The van der Waals surface area contributed by atoms with Gasteiger partial charge in [-0.3, -0.25) is 0 Å². The number of para-hydroxylation sites is 1. The summed E-state index contributed by atoms with van der Waals surface area (Å²) in [5, 5.41) is 5.09. The minimum absolute atomic E-state index is 0.964. The highest BCUT2D eigenvalue weighted by molar-refractivity contribution is 9.10. The van der Waals surface area contributed by atoms with Gasteiger partial charge in [-0.2, -0.15) is 5.10 Å². The predicted octanol–water partition coefficient (Wildman–Crippen LogP) is 6.92. The van der Waals surface area contributed by atoms with Gasteiger partial charge in [0.1, 0.15) is 5.69 Å². The van der Waals surface area contributed by atoms with Crippen LogP contribution in [0.1, 0.15) is 19.0 Å². The van der Waals surface area contributed by atoms with Crippen LogP contribution < -0.4 is 0 Å². The Hall–Kier alpha value is -2.65. The van der Waals surface area contributed by atoms with Gasteiger partial charge in [0.15, 0.2) is 0 Å². The van der Waals surface area contributed by atoms with Crippen molar-refractivity contribution in [3.8, 4) is 28.1 Å². The average molecular weight is 417 g/mol. The standard InChI is InChI=1S/C24H21BrN2/c1-2-11-22-23(18-12-5-3-6-13-18)24(19-14-7-4-8-15-19)26-27(22)21-17-10-9-16-20(21)25/h3-10,12-17H,2,11H2,1H3. The van der Waals surface area contributed by atoms with E-state index in [1.165, 1.54) is 16.8 Å². The van der Waals surface area contributed by atoms with Crippen molar-refractivity contribution in [2.75, 3.05) is 0 Å². The summed E-state index contributed by atoms with van der Waals surface area (Å²) in [5.41, 5.74) is 6.91. The number of nitrogens with zero attached hydrogens (tertiary/aromatic N) is 2. The van der Waals surface area contributed by atoms with E-state index in [9.17, 15) is 0 Å². The molecule has 0 saturated carbocycles. The predicted molar refractivity (Wildman–Crippen MR) is 116 cm³/mol. The summed E-state index contributed by atoms with van der Waals surface area (Å²) in [5.74, 6) is 0. The molecule has 1 heterocycles. The first-order chi connectivity index (χ1) is 13.3. The van der Waals surface area contributed by atoms with Crippen LogP contribution in [0.15, 0.2) is 89.4 Å². The molecule has 0 aliphatic heterocycles. The van der Waals surface area contributed by atoms with Crippen LogP contribution in [0.2, 0.25) is 0 Å². The van der Waals surface area contributed by atoms with Crippen LogP contribution in [0.4, 0.5) is 0 Å². The van der Waals surface area contributed by atoms with E-state index in [4.69, 9.17) is 5.10 Å². The first-order valence-electron chi connectivity index (χ1n) is 9.27. The first kappa shape index (κ1) is 17.7. The largest absolute Gasteiger partial charge is 0.235 e. The average Bonchev–Trinajstić information content (AvgIpc) is 3.09. The van der Waals surface area contributed by atoms with Crippen molar-refractivity contribution in [1.82, 2.24) is 9.78 Å². The normalized spacial score (nSPS) is 10.9. The quantitative estimate of drug-likeness (QED) is 0.345. The molecule has 0 aliphatic carbocycles. The van der Waals surface area contributed by atoms with E-state index in [2.05, 4.69) is 100 Å². The molecule has 3 aromatic carbocycles. The minimum atomic E-state index is 0.964. The van der Waals surface area contributed by atoms with E-state index >= 15 is 0 Å². The van der Waals surface area contributed by atoms with E-state index in [0.717, 1.165) is 34.3 Å². The summed E-state index contributed by atoms with van der Waals surface area (Å²) in [6.45, 7) is 2.22. The van der Waals surface area contributed by atoms with Crippen LogP contribution >= 0.6 is 15.9 Å². The fraction of sp³-hybridized carbons (Fsp3) is 0.125. The third-order valence-corrected chi connectivity index (χ3v) is 5.33. The summed E-state index contributed by atoms with van der Waals surface area (Å²) in [4.78, 5) is 0. The number of halogens is 1. The summed E-state index contributed by atoms with van der Waals surface area (Å²) in [6.07, 6.45) is 2.02. The molecular weight excluding hydrogens is 396 g/mol. The fourth-order valence-corrected chi connectivity index (χ4v) is 3.90. The summed E-state index contributed by atoms with van der Waals surface area (Å²) < 4.78 is 3.15. The fourth-order valence-electron chi connectivity index (χ4n) is 3.45. The van der Waals surface area contributed by atoms with Gasteiger partial charge >= 0.3 is 0 Å². The maximum atomic E-state index is 5.09. The van der Waals surface area contributed by atoms with E-state index in [0.29, 0.717) is 0 Å². The molecule has 0 aliphatic rings. The van der Waals surface area contributed by atoms with Gasteiger partial charge in [0.2, 0.25) is 0 Å². The Bertz CT molecular complexity index is 1040. The molecule has 4 rings (SSSR count). The maximum absolute atomic E-state index is 5.09. The maximum Gasteiger partial charge on any atom is 0.101 e. The third-order valence-electron chi connectivity index (χ3n) is 4.66. The minimum Gasteiger partial charge on any atom is -0.235 e. The Labute approximate surface area is 168 Å². The number of hydrogen-bond donors (Lipinski definition) is 0. The highest BCUT2D eigenvalue weighted by Crippen LogP contribution is 2.37. The topological polar surface area (TPSA) is 17.8 Å². The SMILES string of the molecule is CCCc1c(-c2ccccc2)c(-c2ccccc2)nn1-c1ccccc1Br. The van der Waals surface area contributed by atoms with Gasteiger partial charge in [0, 0.05) is 15.6 Å². The summed E-state index contributed by atoms with van der Waals surface area (Å²) >= 11 is 3.70. The monoisotopic (exact) mass is 416 g/mol. The van der Waals surface area contributed by atoms with Crippen LogP contribution in [0.3, 0.4) is 0 Å². The molecule has 0 atom stereocenters. The summed E-state index contributed by atoms with van der Waals surface area (Å²) in [6, 6.07) is 29.3. The Balaban J connectivity index is 2.04. The second-order valence-corrected chi connectivity index (χ2v) is 7.37. The van der Waals surface area contributed by atoms with E-state index in [-0.39, 0.29) is 0 Å². The van der Waals surface area contributed by atoms with Gasteiger partial charge < -0.3 is 0 Å². The highest BCUT2D eigenvalue weighted by atomic mass is 79.9. The molecule has 0 unspecified atom stereocenters. The second-order valence-electron chi connectivity index (χ2n) is 6.52. The number of benzene rings is 3. The van der Waals surface area contributed by atoms with Crippen molar-refractivity contribution >= 4 is 15.9 Å². The van der Waals surface area contributed by atoms with Crippen LogP contribution in [-0.4, -0.2) is 9.78 Å². The zero-order valence-corrected chi connectivity index (χ0v) is 16.9. The molecule has 1 aromatic heterocycles. The van der Waals surface area contributed by atoms with Gasteiger partial charge in [-0.15, -0.1) is 0 Å². The van der Waals surface area contributed by atoms with Crippen molar-refractivity contribution in [3.05, 3.63) is 95.1 Å². The van der Waals surface area contributed by atoms with Crippen LogP contribution in [0.25, 0.3) is 28.1 Å². The highest BCUT2D eigenvalue weighted by Gasteiger charge is 2.21. The molecule has 2 nitrogen and oxygen atoms in total. The lowest BCUT2D eigenvalue weighted by Crippen LogP contribution is -2.03.